The van der Waals surface area contributed by atoms with Gasteiger partial charge in [0.15, 0.2) is 9.84 Å². The van der Waals surface area contributed by atoms with Crippen molar-refractivity contribution >= 4 is 25.8 Å². The summed E-state index contributed by atoms with van der Waals surface area (Å²) in [6.07, 6.45) is 2.58. The lowest BCUT2D eigenvalue weighted by molar-refractivity contribution is 0.410. The normalized spacial score (nSPS) is 11.2. The number of hydrogen-bond acceptors (Lipinski definition) is 5. The second kappa shape index (κ2) is 5.80. The Hall–Kier alpha value is -1.60. The van der Waals surface area contributed by atoms with Crippen molar-refractivity contribution in [3.63, 3.8) is 0 Å². The quantitative estimate of drug-likeness (QED) is 0.841. The molecular weight excluding hydrogens is 346 g/mol. The zero-order valence-electron chi connectivity index (χ0n) is 10.8. The Bertz CT molecular complexity index is 731. The standard InChI is InChI=1S/C13H12BrNO4S/c1-18-9-5-6-11(10(14)8-9)19-13-12(20(2,16)17)4-3-7-15-13/h3-8H,1-2H3. The van der Waals surface area contributed by atoms with Gasteiger partial charge in [0.2, 0.25) is 5.88 Å². The highest BCUT2D eigenvalue weighted by atomic mass is 79.9. The molecule has 0 aliphatic carbocycles. The first kappa shape index (κ1) is 14.8. The van der Waals surface area contributed by atoms with Crippen molar-refractivity contribution in [2.75, 3.05) is 13.4 Å². The summed E-state index contributed by atoms with van der Waals surface area (Å²) >= 11 is 3.34. The summed E-state index contributed by atoms with van der Waals surface area (Å²) in [4.78, 5) is 4.01. The number of nitrogens with zero attached hydrogens (tertiary/aromatic N) is 1. The molecule has 0 radical (unpaired) electrons. The fraction of sp³-hybridized carbons (Fsp3) is 0.154. The van der Waals surface area contributed by atoms with Crippen molar-refractivity contribution in [3.8, 4) is 17.4 Å². The average Bonchev–Trinajstić information content (AvgIpc) is 2.40. The van der Waals surface area contributed by atoms with Gasteiger partial charge < -0.3 is 9.47 Å². The van der Waals surface area contributed by atoms with E-state index < -0.39 is 9.84 Å². The summed E-state index contributed by atoms with van der Waals surface area (Å²) in [6, 6.07) is 8.10. The topological polar surface area (TPSA) is 65.5 Å². The number of hydrogen-bond donors (Lipinski definition) is 0. The van der Waals surface area contributed by atoms with Crippen LogP contribution in [0.15, 0.2) is 45.9 Å². The number of pyridine rings is 1. The number of halogens is 1. The van der Waals surface area contributed by atoms with Crippen molar-refractivity contribution in [2.45, 2.75) is 4.90 Å². The highest BCUT2D eigenvalue weighted by Crippen LogP contribution is 2.34. The molecule has 0 unspecified atom stereocenters. The molecule has 1 aromatic heterocycles. The molecule has 0 N–H and O–H groups in total. The summed E-state index contributed by atoms with van der Waals surface area (Å²) < 4.78 is 34.7. The van der Waals surface area contributed by atoms with Crippen molar-refractivity contribution in [1.29, 1.82) is 0 Å². The van der Waals surface area contributed by atoms with Gasteiger partial charge in [0.25, 0.3) is 0 Å². The van der Waals surface area contributed by atoms with Crippen molar-refractivity contribution in [3.05, 3.63) is 41.0 Å². The monoisotopic (exact) mass is 357 g/mol. The van der Waals surface area contributed by atoms with Crippen molar-refractivity contribution < 1.29 is 17.9 Å². The predicted molar refractivity (Wildman–Crippen MR) is 78.1 cm³/mol. The van der Waals surface area contributed by atoms with Gasteiger partial charge in [-0.1, -0.05) is 0 Å². The van der Waals surface area contributed by atoms with Crippen LogP contribution in [0.25, 0.3) is 0 Å². The lowest BCUT2D eigenvalue weighted by atomic mass is 10.3. The summed E-state index contributed by atoms with van der Waals surface area (Å²) in [7, 11) is -1.85. The largest absolute Gasteiger partial charge is 0.497 e. The van der Waals surface area contributed by atoms with Gasteiger partial charge in [0.1, 0.15) is 16.4 Å². The maximum atomic E-state index is 11.7. The van der Waals surface area contributed by atoms with Gasteiger partial charge in [-0.15, -0.1) is 0 Å². The van der Waals surface area contributed by atoms with Crippen LogP contribution in [0.1, 0.15) is 0 Å². The second-order valence-electron chi connectivity index (χ2n) is 3.98. The fourth-order valence-electron chi connectivity index (χ4n) is 1.53. The number of ether oxygens (including phenoxy) is 2. The highest BCUT2D eigenvalue weighted by molar-refractivity contribution is 9.10. The average molecular weight is 358 g/mol. The first-order valence-electron chi connectivity index (χ1n) is 5.58. The molecule has 0 spiro atoms. The fourth-order valence-corrected chi connectivity index (χ4v) is 2.71. The van der Waals surface area contributed by atoms with Crippen LogP contribution in [0, 0.1) is 0 Å². The molecule has 1 heterocycles. The number of sulfone groups is 1. The maximum Gasteiger partial charge on any atom is 0.238 e. The first-order chi connectivity index (χ1) is 9.41. The molecule has 0 saturated heterocycles. The minimum atomic E-state index is -3.41. The number of benzene rings is 1. The molecule has 106 valence electrons. The first-order valence-corrected chi connectivity index (χ1v) is 8.26. The molecule has 0 fully saturated rings. The van der Waals surface area contributed by atoms with E-state index in [0.29, 0.717) is 16.0 Å². The Morgan fingerprint density at radius 3 is 2.60 bits per heavy atom. The van der Waals surface area contributed by atoms with E-state index in [1.54, 1.807) is 31.4 Å². The van der Waals surface area contributed by atoms with Crippen LogP contribution in [-0.4, -0.2) is 26.8 Å². The lowest BCUT2D eigenvalue weighted by Crippen LogP contribution is -2.02. The Balaban J connectivity index is 2.41. The van der Waals surface area contributed by atoms with E-state index in [4.69, 9.17) is 9.47 Å². The molecular formula is C13H12BrNO4S. The third kappa shape index (κ3) is 3.29. The van der Waals surface area contributed by atoms with Crippen LogP contribution < -0.4 is 9.47 Å². The van der Waals surface area contributed by atoms with Gasteiger partial charge in [-0.05, 0) is 46.3 Å². The van der Waals surface area contributed by atoms with Gasteiger partial charge in [-0.3, -0.25) is 0 Å². The minimum Gasteiger partial charge on any atom is -0.497 e. The second-order valence-corrected chi connectivity index (χ2v) is 6.82. The summed E-state index contributed by atoms with van der Waals surface area (Å²) in [5, 5.41) is 0. The number of rotatable bonds is 4. The van der Waals surface area contributed by atoms with Crippen LogP contribution in [0.5, 0.6) is 17.4 Å². The molecule has 5 nitrogen and oxygen atoms in total. The molecule has 2 rings (SSSR count). The molecule has 0 saturated carbocycles. The molecule has 1 aromatic carbocycles. The van der Waals surface area contributed by atoms with E-state index >= 15 is 0 Å². The molecule has 20 heavy (non-hydrogen) atoms. The van der Waals surface area contributed by atoms with Gasteiger partial charge in [0, 0.05) is 12.5 Å². The van der Waals surface area contributed by atoms with Gasteiger partial charge in [-0.2, -0.15) is 0 Å². The summed E-state index contributed by atoms with van der Waals surface area (Å²) in [5.74, 6) is 1.16. The van der Waals surface area contributed by atoms with E-state index in [1.807, 2.05) is 0 Å². The van der Waals surface area contributed by atoms with Crippen LogP contribution in [0.3, 0.4) is 0 Å². The van der Waals surface area contributed by atoms with E-state index in [1.165, 1.54) is 12.3 Å². The Morgan fingerprint density at radius 1 is 1.25 bits per heavy atom. The van der Waals surface area contributed by atoms with Gasteiger partial charge in [0.05, 0.1) is 11.6 Å². The van der Waals surface area contributed by atoms with Crippen LogP contribution >= 0.6 is 15.9 Å². The summed E-state index contributed by atoms with van der Waals surface area (Å²) in [5.41, 5.74) is 0. The lowest BCUT2D eigenvalue weighted by Gasteiger charge is -2.10. The van der Waals surface area contributed by atoms with Gasteiger partial charge in [-0.25, -0.2) is 13.4 Å². The van der Waals surface area contributed by atoms with Gasteiger partial charge >= 0.3 is 0 Å². The minimum absolute atomic E-state index is 0.0425. The van der Waals surface area contributed by atoms with Crippen LogP contribution in [0.2, 0.25) is 0 Å². The molecule has 0 atom stereocenters. The molecule has 0 aliphatic heterocycles. The molecule has 0 amide bonds. The van der Waals surface area contributed by atoms with E-state index in [2.05, 4.69) is 20.9 Å². The van der Waals surface area contributed by atoms with Crippen molar-refractivity contribution in [2.24, 2.45) is 0 Å². The SMILES string of the molecule is COc1ccc(Oc2ncccc2S(C)(=O)=O)c(Br)c1. The molecule has 7 heteroatoms. The molecule has 2 aromatic rings. The smallest absolute Gasteiger partial charge is 0.238 e. The predicted octanol–water partition coefficient (Wildman–Crippen LogP) is 3.05. The zero-order valence-corrected chi connectivity index (χ0v) is 13.2. The third-order valence-electron chi connectivity index (χ3n) is 2.48. The van der Waals surface area contributed by atoms with Crippen molar-refractivity contribution in [1.82, 2.24) is 4.98 Å². The van der Waals surface area contributed by atoms with Crippen LogP contribution in [-0.2, 0) is 9.84 Å². The maximum absolute atomic E-state index is 11.7. The zero-order chi connectivity index (χ0) is 14.8. The Kier molecular flexibility index (Phi) is 4.29. The third-order valence-corrected chi connectivity index (χ3v) is 4.21. The Morgan fingerprint density at radius 2 is 2.00 bits per heavy atom. The van der Waals surface area contributed by atoms with E-state index in [-0.39, 0.29) is 10.8 Å². The Labute approximate surface area is 125 Å². The molecule has 0 aliphatic rings. The highest BCUT2D eigenvalue weighted by Gasteiger charge is 2.16. The van der Waals surface area contributed by atoms with E-state index in [0.717, 1.165) is 6.26 Å². The van der Waals surface area contributed by atoms with E-state index in [9.17, 15) is 8.42 Å². The number of aromatic nitrogens is 1. The van der Waals surface area contributed by atoms with Crippen LogP contribution in [0.4, 0.5) is 0 Å². The number of methoxy groups -OCH3 is 1. The summed E-state index contributed by atoms with van der Waals surface area (Å²) in [6.45, 7) is 0. The molecule has 0 bridgehead atoms.